The first-order valence-corrected chi connectivity index (χ1v) is 8.67. The van der Waals surface area contributed by atoms with Gasteiger partial charge in [-0.3, -0.25) is 4.79 Å². The first kappa shape index (κ1) is 21.9. The van der Waals surface area contributed by atoms with Gasteiger partial charge >= 0.3 is 0 Å². The molecule has 4 N–H and O–H groups in total. The van der Waals surface area contributed by atoms with E-state index >= 15 is 0 Å². The Hall–Kier alpha value is -1.15. The Bertz CT molecular complexity index is 608. The summed E-state index contributed by atoms with van der Waals surface area (Å²) in [5.74, 6) is -0.242. The lowest BCUT2D eigenvalue weighted by atomic mass is 10.1. The van der Waals surface area contributed by atoms with Crippen LogP contribution in [0.2, 0.25) is 0 Å². The average molecular weight is 364 g/mol. The van der Waals surface area contributed by atoms with Crippen molar-refractivity contribution in [2.24, 2.45) is 5.73 Å². The number of carbonyl (C=O) groups is 1. The maximum absolute atomic E-state index is 12.2. The molecule has 0 aliphatic heterocycles. The maximum atomic E-state index is 12.2. The lowest BCUT2D eigenvalue weighted by Gasteiger charge is -2.20. The summed E-state index contributed by atoms with van der Waals surface area (Å²) in [5.41, 5.74) is 5.46. The lowest BCUT2D eigenvalue weighted by Crippen LogP contribution is -2.40. The van der Waals surface area contributed by atoms with E-state index in [0.717, 1.165) is 0 Å². The molecule has 6 nitrogen and oxygen atoms in total. The van der Waals surface area contributed by atoms with Gasteiger partial charge < -0.3 is 11.1 Å². The van der Waals surface area contributed by atoms with E-state index in [9.17, 15) is 13.2 Å². The van der Waals surface area contributed by atoms with Crippen LogP contribution in [-0.2, 0) is 10.0 Å². The molecule has 1 amide bonds. The molecule has 0 heterocycles. The summed E-state index contributed by atoms with van der Waals surface area (Å²) in [4.78, 5) is 12.0. The second-order valence-corrected chi connectivity index (χ2v) is 8.08. The van der Waals surface area contributed by atoms with E-state index in [4.69, 9.17) is 5.73 Å². The van der Waals surface area contributed by atoms with E-state index in [0.29, 0.717) is 18.5 Å². The van der Waals surface area contributed by atoms with E-state index < -0.39 is 15.6 Å². The monoisotopic (exact) mass is 363 g/mol. The summed E-state index contributed by atoms with van der Waals surface area (Å²) < 4.78 is 26.9. The van der Waals surface area contributed by atoms with Crippen LogP contribution in [0.5, 0.6) is 0 Å². The van der Waals surface area contributed by atoms with Crippen molar-refractivity contribution in [2.45, 2.75) is 50.6 Å². The molecule has 0 aromatic heterocycles. The zero-order chi connectivity index (χ0) is 17.0. The van der Waals surface area contributed by atoms with Crippen LogP contribution in [0, 0.1) is 0 Å². The highest BCUT2D eigenvalue weighted by molar-refractivity contribution is 7.89. The van der Waals surface area contributed by atoms with Crippen LogP contribution in [0.3, 0.4) is 0 Å². The Balaban J connectivity index is 0.00000484. The second-order valence-electron chi connectivity index (χ2n) is 6.40. The van der Waals surface area contributed by atoms with Gasteiger partial charge in [0.2, 0.25) is 10.0 Å². The molecule has 0 bridgehead atoms. The van der Waals surface area contributed by atoms with Crippen LogP contribution in [0.15, 0.2) is 29.2 Å². The Morgan fingerprint density at radius 2 is 1.74 bits per heavy atom. The van der Waals surface area contributed by atoms with Gasteiger partial charge in [-0.2, -0.15) is 0 Å². The highest BCUT2D eigenvalue weighted by atomic mass is 35.5. The fraction of sp³-hybridized carbons (Fsp3) is 0.533. The Labute approximate surface area is 144 Å². The van der Waals surface area contributed by atoms with Gasteiger partial charge in [0.1, 0.15) is 0 Å². The predicted octanol–water partition coefficient (Wildman–Crippen LogP) is 1.65. The standard InChI is InChI=1S/C15H25N3O3S.ClH/c1-11(16)9-10-17-14(19)12-5-7-13(8-6-12)22(20,21)18-15(2,3)4;/h5-8,11,18H,9-10,16H2,1-4H3,(H,17,19);1H. The minimum absolute atomic E-state index is 0. The second kappa shape index (κ2) is 8.63. The predicted molar refractivity (Wildman–Crippen MR) is 94.4 cm³/mol. The molecule has 0 spiro atoms. The van der Waals surface area contributed by atoms with Gasteiger partial charge in [-0.25, -0.2) is 13.1 Å². The van der Waals surface area contributed by atoms with Crippen LogP contribution >= 0.6 is 12.4 Å². The molecule has 0 fully saturated rings. The van der Waals surface area contributed by atoms with Crippen LogP contribution in [0.4, 0.5) is 0 Å². The molecule has 1 aromatic carbocycles. The number of carbonyl (C=O) groups excluding carboxylic acids is 1. The molecule has 132 valence electrons. The van der Waals surface area contributed by atoms with Gasteiger partial charge in [-0.05, 0) is 58.4 Å². The van der Waals surface area contributed by atoms with E-state index in [1.54, 1.807) is 20.8 Å². The average Bonchev–Trinajstić information content (AvgIpc) is 2.35. The van der Waals surface area contributed by atoms with Gasteiger partial charge in [0.05, 0.1) is 4.90 Å². The summed E-state index contributed by atoms with van der Waals surface area (Å²) in [6, 6.07) is 5.87. The molecule has 1 unspecified atom stereocenters. The largest absolute Gasteiger partial charge is 0.352 e. The molecule has 8 heteroatoms. The molecule has 23 heavy (non-hydrogen) atoms. The zero-order valence-electron chi connectivity index (χ0n) is 13.9. The number of hydrogen-bond donors (Lipinski definition) is 3. The third kappa shape index (κ3) is 7.78. The minimum Gasteiger partial charge on any atom is -0.352 e. The first-order valence-electron chi connectivity index (χ1n) is 7.19. The summed E-state index contributed by atoms with van der Waals surface area (Å²) in [6.07, 6.45) is 0.688. The Morgan fingerprint density at radius 3 is 2.17 bits per heavy atom. The van der Waals surface area contributed by atoms with E-state index in [2.05, 4.69) is 10.0 Å². The molecule has 0 aliphatic rings. The van der Waals surface area contributed by atoms with E-state index in [-0.39, 0.29) is 29.3 Å². The smallest absolute Gasteiger partial charge is 0.251 e. The fourth-order valence-electron chi connectivity index (χ4n) is 1.76. The Morgan fingerprint density at radius 1 is 1.22 bits per heavy atom. The van der Waals surface area contributed by atoms with Gasteiger partial charge in [0, 0.05) is 23.7 Å². The van der Waals surface area contributed by atoms with Crippen molar-refractivity contribution in [3.8, 4) is 0 Å². The summed E-state index contributed by atoms with van der Waals surface area (Å²) >= 11 is 0. The van der Waals surface area contributed by atoms with Gasteiger partial charge in [0.25, 0.3) is 5.91 Å². The maximum Gasteiger partial charge on any atom is 0.251 e. The summed E-state index contributed by atoms with van der Waals surface area (Å²) in [7, 11) is -3.59. The molecule has 0 saturated carbocycles. The minimum atomic E-state index is -3.59. The van der Waals surface area contributed by atoms with Crippen LogP contribution in [-0.4, -0.2) is 32.5 Å². The van der Waals surface area contributed by atoms with Crippen LogP contribution < -0.4 is 15.8 Å². The summed E-state index contributed by atoms with van der Waals surface area (Å²) in [5, 5.41) is 2.74. The summed E-state index contributed by atoms with van der Waals surface area (Å²) in [6.45, 7) is 7.66. The molecule has 1 atom stereocenters. The van der Waals surface area contributed by atoms with Crippen molar-refractivity contribution >= 4 is 28.3 Å². The quantitative estimate of drug-likeness (QED) is 0.715. The molecule has 1 rings (SSSR count). The number of halogens is 1. The molecular weight excluding hydrogens is 338 g/mol. The molecule has 0 radical (unpaired) electrons. The highest BCUT2D eigenvalue weighted by Gasteiger charge is 2.22. The number of nitrogens with one attached hydrogen (secondary N) is 2. The lowest BCUT2D eigenvalue weighted by molar-refractivity contribution is 0.0952. The highest BCUT2D eigenvalue weighted by Crippen LogP contribution is 2.13. The third-order valence-electron chi connectivity index (χ3n) is 2.75. The molecular formula is C15H26ClN3O3S. The van der Waals surface area contributed by atoms with Crippen molar-refractivity contribution in [3.63, 3.8) is 0 Å². The van der Waals surface area contributed by atoms with Gasteiger partial charge in [-0.15, -0.1) is 12.4 Å². The van der Waals surface area contributed by atoms with Gasteiger partial charge in [0.15, 0.2) is 0 Å². The van der Waals surface area contributed by atoms with E-state index in [1.165, 1.54) is 24.3 Å². The SMILES string of the molecule is CC(N)CCNC(=O)c1ccc(S(=O)(=O)NC(C)(C)C)cc1.Cl. The third-order valence-corrected chi connectivity index (χ3v) is 4.53. The van der Waals surface area contributed by atoms with Crippen LogP contribution in [0.1, 0.15) is 44.5 Å². The number of nitrogens with two attached hydrogens (primary N) is 1. The van der Waals surface area contributed by atoms with Gasteiger partial charge in [-0.1, -0.05) is 0 Å². The number of benzene rings is 1. The number of hydrogen-bond acceptors (Lipinski definition) is 4. The van der Waals surface area contributed by atoms with Crippen molar-refractivity contribution in [2.75, 3.05) is 6.54 Å². The molecule has 0 aliphatic carbocycles. The number of amides is 1. The molecule has 1 aromatic rings. The van der Waals surface area contributed by atoms with Crippen molar-refractivity contribution in [3.05, 3.63) is 29.8 Å². The number of rotatable bonds is 6. The van der Waals surface area contributed by atoms with E-state index in [1.807, 2.05) is 6.92 Å². The van der Waals surface area contributed by atoms with Crippen molar-refractivity contribution in [1.29, 1.82) is 0 Å². The van der Waals surface area contributed by atoms with Crippen LogP contribution in [0.25, 0.3) is 0 Å². The first-order chi connectivity index (χ1) is 10.0. The van der Waals surface area contributed by atoms with Crippen molar-refractivity contribution in [1.82, 2.24) is 10.0 Å². The topological polar surface area (TPSA) is 101 Å². The van der Waals surface area contributed by atoms with Crippen molar-refractivity contribution < 1.29 is 13.2 Å². The normalized spacial score (nSPS) is 13.1. The number of sulfonamides is 1. The Kier molecular flexibility index (Phi) is 8.20. The zero-order valence-corrected chi connectivity index (χ0v) is 15.6. The fourth-order valence-corrected chi connectivity index (χ4v) is 3.18. The molecule has 0 saturated heterocycles.